The van der Waals surface area contributed by atoms with E-state index in [0.717, 1.165) is 26.7 Å². The van der Waals surface area contributed by atoms with Crippen LogP contribution in [-0.2, 0) is 11.2 Å². The number of rotatable bonds is 5. The number of carbonyl (C=O) groups excluding carboxylic acids is 1. The number of nitrogens with one attached hydrogen (secondary N) is 1. The molecule has 1 heterocycles. The van der Waals surface area contributed by atoms with Gasteiger partial charge >= 0.3 is 0 Å². The second-order valence-corrected chi connectivity index (χ2v) is 7.67. The maximum Gasteiger partial charge on any atom is 0.234 e. The molecule has 23 heavy (non-hydrogen) atoms. The molecule has 0 spiro atoms. The van der Waals surface area contributed by atoms with Crippen molar-refractivity contribution in [3.05, 3.63) is 53.1 Å². The Bertz CT molecular complexity index is 830. The molecule has 0 aliphatic heterocycles. The normalized spacial score (nSPS) is 10.9. The summed E-state index contributed by atoms with van der Waals surface area (Å²) in [4.78, 5) is 16.5. The molecule has 0 unspecified atom stereocenters. The molecular weight excluding hydrogens is 348 g/mol. The van der Waals surface area contributed by atoms with Crippen molar-refractivity contribution in [3.63, 3.8) is 0 Å². The largest absolute Gasteiger partial charge is 0.325 e. The quantitative estimate of drug-likeness (QED) is 0.631. The van der Waals surface area contributed by atoms with Gasteiger partial charge in [0, 0.05) is 10.7 Å². The Kier molecular flexibility index (Phi) is 5.20. The van der Waals surface area contributed by atoms with E-state index >= 15 is 0 Å². The van der Waals surface area contributed by atoms with Crippen LogP contribution < -0.4 is 5.32 Å². The van der Waals surface area contributed by atoms with Crippen molar-refractivity contribution in [2.45, 2.75) is 17.7 Å². The molecule has 0 fully saturated rings. The Morgan fingerprint density at radius 1 is 1.26 bits per heavy atom. The van der Waals surface area contributed by atoms with Gasteiger partial charge in [-0.25, -0.2) is 4.98 Å². The second kappa shape index (κ2) is 7.34. The predicted molar refractivity (Wildman–Crippen MR) is 99.8 cm³/mol. The van der Waals surface area contributed by atoms with E-state index in [0.29, 0.717) is 10.8 Å². The fraction of sp³-hybridized carbons (Fsp3) is 0.176. The van der Waals surface area contributed by atoms with Crippen molar-refractivity contribution in [2.24, 2.45) is 0 Å². The minimum atomic E-state index is -0.0310. The summed E-state index contributed by atoms with van der Waals surface area (Å²) in [7, 11) is 0. The van der Waals surface area contributed by atoms with E-state index < -0.39 is 0 Å². The molecular formula is C17H15ClN2OS2. The Labute approximate surface area is 148 Å². The molecule has 1 aromatic heterocycles. The first kappa shape index (κ1) is 16.3. The van der Waals surface area contributed by atoms with Crippen LogP contribution in [0.25, 0.3) is 10.2 Å². The van der Waals surface area contributed by atoms with E-state index in [9.17, 15) is 4.79 Å². The fourth-order valence-corrected chi connectivity index (χ4v) is 4.10. The highest BCUT2D eigenvalue weighted by Crippen LogP contribution is 2.31. The smallest absolute Gasteiger partial charge is 0.234 e. The van der Waals surface area contributed by atoms with Crippen LogP contribution in [0.15, 0.2) is 46.8 Å². The first-order valence-corrected chi connectivity index (χ1v) is 9.40. The van der Waals surface area contributed by atoms with Crippen LogP contribution >= 0.6 is 34.7 Å². The molecule has 3 nitrogen and oxygen atoms in total. The third-order valence-electron chi connectivity index (χ3n) is 3.30. The molecule has 0 atom stereocenters. The molecule has 0 saturated carbocycles. The number of hydrogen-bond acceptors (Lipinski definition) is 4. The summed E-state index contributed by atoms with van der Waals surface area (Å²) in [5, 5.41) is 3.58. The van der Waals surface area contributed by atoms with Gasteiger partial charge in [-0.05, 0) is 42.3 Å². The Hall–Kier alpha value is -1.56. The molecule has 0 saturated heterocycles. The standard InChI is InChI=1S/C17H15ClN2OS2/c1-2-11-3-6-13(7-4-11)19-16(21)10-22-17-20-14-9-12(18)5-8-15(14)23-17/h3-9H,2,10H2,1H3,(H,19,21). The minimum Gasteiger partial charge on any atom is -0.325 e. The van der Waals surface area contributed by atoms with Crippen molar-refractivity contribution in [2.75, 3.05) is 11.1 Å². The molecule has 3 rings (SSSR count). The van der Waals surface area contributed by atoms with Gasteiger partial charge in [0.05, 0.1) is 16.0 Å². The van der Waals surface area contributed by atoms with Gasteiger partial charge in [-0.15, -0.1) is 11.3 Å². The van der Waals surface area contributed by atoms with Crippen LogP contribution in [0, 0.1) is 0 Å². The monoisotopic (exact) mass is 362 g/mol. The summed E-state index contributed by atoms with van der Waals surface area (Å²) in [5.41, 5.74) is 2.95. The summed E-state index contributed by atoms with van der Waals surface area (Å²) >= 11 is 8.97. The number of aryl methyl sites for hydroxylation is 1. The van der Waals surface area contributed by atoms with Crippen LogP contribution in [0.4, 0.5) is 5.69 Å². The number of carbonyl (C=O) groups is 1. The first-order valence-electron chi connectivity index (χ1n) is 7.21. The van der Waals surface area contributed by atoms with Gasteiger partial charge in [0.15, 0.2) is 4.34 Å². The number of hydrogen-bond donors (Lipinski definition) is 1. The van der Waals surface area contributed by atoms with Crippen molar-refractivity contribution in [1.82, 2.24) is 4.98 Å². The number of anilines is 1. The zero-order chi connectivity index (χ0) is 16.2. The van der Waals surface area contributed by atoms with Gasteiger partial charge < -0.3 is 5.32 Å². The molecule has 118 valence electrons. The van der Waals surface area contributed by atoms with E-state index in [2.05, 4.69) is 17.2 Å². The zero-order valence-corrected chi connectivity index (χ0v) is 14.9. The highest BCUT2D eigenvalue weighted by Gasteiger charge is 2.08. The third-order valence-corrected chi connectivity index (χ3v) is 5.72. The zero-order valence-electron chi connectivity index (χ0n) is 12.5. The molecule has 6 heteroatoms. The van der Waals surface area contributed by atoms with E-state index in [4.69, 9.17) is 11.6 Å². The van der Waals surface area contributed by atoms with Crippen LogP contribution in [0.3, 0.4) is 0 Å². The number of nitrogens with zero attached hydrogens (tertiary/aromatic N) is 1. The molecule has 2 aromatic carbocycles. The van der Waals surface area contributed by atoms with Crippen molar-refractivity contribution in [1.29, 1.82) is 0 Å². The number of benzene rings is 2. The van der Waals surface area contributed by atoms with E-state index in [1.54, 1.807) is 11.3 Å². The summed E-state index contributed by atoms with van der Waals surface area (Å²) < 4.78 is 1.95. The number of amides is 1. The lowest BCUT2D eigenvalue weighted by Crippen LogP contribution is -2.13. The highest BCUT2D eigenvalue weighted by atomic mass is 35.5. The lowest BCUT2D eigenvalue weighted by molar-refractivity contribution is -0.113. The summed E-state index contributed by atoms with van der Waals surface area (Å²) in [5.74, 6) is 0.305. The number of halogens is 1. The second-order valence-electron chi connectivity index (χ2n) is 4.98. The predicted octanol–water partition coefficient (Wildman–Crippen LogP) is 5.24. The van der Waals surface area contributed by atoms with Gasteiger partial charge in [0.1, 0.15) is 0 Å². The summed E-state index contributed by atoms with van der Waals surface area (Å²) in [6.07, 6.45) is 0.992. The van der Waals surface area contributed by atoms with Gasteiger partial charge in [-0.3, -0.25) is 4.79 Å². The van der Waals surface area contributed by atoms with Crippen LogP contribution in [0.2, 0.25) is 5.02 Å². The van der Waals surface area contributed by atoms with E-state index in [1.165, 1.54) is 17.3 Å². The molecule has 0 aliphatic carbocycles. The molecule has 1 amide bonds. The lowest BCUT2D eigenvalue weighted by Gasteiger charge is -2.05. The number of fused-ring (bicyclic) bond motifs is 1. The fourth-order valence-electron chi connectivity index (χ4n) is 2.09. The Morgan fingerprint density at radius 3 is 2.78 bits per heavy atom. The maximum absolute atomic E-state index is 12.0. The maximum atomic E-state index is 12.0. The SMILES string of the molecule is CCc1ccc(NC(=O)CSc2nc3cc(Cl)ccc3s2)cc1. The molecule has 0 radical (unpaired) electrons. The number of aromatic nitrogens is 1. The van der Waals surface area contributed by atoms with E-state index in [1.807, 2.05) is 42.5 Å². The van der Waals surface area contributed by atoms with Gasteiger partial charge in [0.25, 0.3) is 0 Å². The molecule has 0 aliphatic rings. The van der Waals surface area contributed by atoms with Gasteiger partial charge in [-0.2, -0.15) is 0 Å². The van der Waals surface area contributed by atoms with E-state index in [-0.39, 0.29) is 5.91 Å². The minimum absolute atomic E-state index is 0.0310. The third kappa shape index (κ3) is 4.25. The van der Waals surface area contributed by atoms with Crippen LogP contribution in [0.1, 0.15) is 12.5 Å². The summed E-state index contributed by atoms with van der Waals surface area (Å²) in [6, 6.07) is 13.6. The lowest BCUT2D eigenvalue weighted by atomic mass is 10.1. The average Bonchev–Trinajstić information content (AvgIpc) is 2.95. The number of thiazole rings is 1. The number of thioether (sulfide) groups is 1. The molecule has 0 bridgehead atoms. The van der Waals surface area contributed by atoms with Crippen LogP contribution in [-0.4, -0.2) is 16.6 Å². The molecule has 3 aromatic rings. The van der Waals surface area contributed by atoms with Crippen LogP contribution in [0.5, 0.6) is 0 Å². The average molecular weight is 363 g/mol. The van der Waals surface area contributed by atoms with Gasteiger partial charge in [0.2, 0.25) is 5.91 Å². The molecule has 1 N–H and O–H groups in total. The first-order chi connectivity index (χ1) is 11.1. The van der Waals surface area contributed by atoms with Crippen molar-refractivity contribution >= 4 is 56.5 Å². The van der Waals surface area contributed by atoms with Crippen molar-refractivity contribution in [3.8, 4) is 0 Å². The van der Waals surface area contributed by atoms with Crippen molar-refractivity contribution < 1.29 is 4.79 Å². The summed E-state index contributed by atoms with van der Waals surface area (Å²) in [6.45, 7) is 2.11. The Morgan fingerprint density at radius 2 is 2.04 bits per heavy atom. The Balaban J connectivity index is 1.58. The topological polar surface area (TPSA) is 42.0 Å². The highest BCUT2D eigenvalue weighted by molar-refractivity contribution is 8.01. The van der Waals surface area contributed by atoms with Gasteiger partial charge in [-0.1, -0.05) is 42.4 Å².